The number of rotatable bonds is 3. The third-order valence-electron chi connectivity index (χ3n) is 2.38. The second-order valence-corrected chi connectivity index (χ2v) is 3.40. The summed E-state index contributed by atoms with van der Waals surface area (Å²) in [4.78, 5) is 19.9. The van der Waals surface area contributed by atoms with Gasteiger partial charge in [-0.2, -0.15) is 4.98 Å². The Morgan fingerprint density at radius 3 is 2.82 bits per heavy atom. The molecule has 0 aliphatic carbocycles. The summed E-state index contributed by atoms with van der Waals surface area (Å²) in [6, 6.07) is 0. The number of nitrogens with zero attached hydrogens (tertiary/aromatic N) is 4. The number of hydrazine groups is 1. The van der Waals surface area contributed by atoms with Crippen LogP contribution in [0.2, 0.25) is 0 Å². The Morgan fingerprint density at radius 2 is 2.24 bits per heavy atom. The summed E-state index contributed by atoms with van der Waals surface area (Å²) in [6.07, 6.45) is 1.15. The van der Waals surface area contributed by atoms with Gasteiger partial charge in [-0.3, -0.25) is 10.1 Å². The summed E-state index contributed by atoms with van der Waals surface area (Å²) in [5, 5.41) is 10.7. The van der Waals surface area contributed by atoms with Crippen LogP contribution in [0.25, 0.3) is 0 Å². The largest absolute Gasteiger partial charge is 0.378 e. The first-order chi connectivity index (χ1) is 8.22. The van der Waals surface area contributed by atoms with Crippen LogP contribution in [0.1, 0.15) is 0 Å². The molecule has 1 aliphatic heterocycles. The zero-order chi connectivity index (χ0) is 12.3. The van der Waals surface area contributed by atoms with Gasteiger partial charge >= 0.3 is 5.69 Å². The minimum absolute atomic E-state index is 0.00601. The van der Waals surface area contributed by atoms with Gasteiger partial charge in [0.25, 0.3) is 0 Å². The van der Waals surface area contributed by atoms with Crippen LogP contribution in [0.15, 0.2) is 6.20 Å². The maximum absolute atomic E-state index is 10.7. The molecule has 1 saturated heterocycles. The lowest BCUT2D eigenvalue weighted by Crippen LogP contribution is -2.37. The van der Waals surface area contributed by atoms with Crippen LogP contribution in [0.4, 0.5) is 17.5 Å². The van der Waals surface area contributed by atoms with E-state index in [1.165, 1.54) is 0 Å². The van der Waals surface area contributed by atoms with Gasteiger partial charge < -0.3 is 15.1 Å². The number of nitrogen functional groups attached to an aromatic ring is 1. The Hall–Kier alpha value is -2.00. The van der Waals surface area contributed by atoms with Gasteiger partial charge in [-0.1, -0.05) is 0 Å². The van der Waals surface area contributed by atoms with Gasteiger partial charge in [-0.15, -0.1) is 0 Å². The molecule has 2 rings (SSSR count). The van der Waals surface area contributed by atoms with Crippen molar-refractivity contribution in [1.82, 2.24) is 9.97 Å². The first-order valence-electron chi connectivity index (χ1n) is 5.03. The number of nitrogens with one attached hydrogen (secondary N) is 1. The van der Waals surface area contributed by atoms with E-state index in [0.29, 0.717) is 32.3 Å². The predicted molar refractivity (Wildman–Crippen MR) is 59.5 cm³/mol. The zero-order valence-electron chi connectivity index (χ0n) is 9.00. The topological polar surface area (TPSA) is 119 Å². The van der Waals surface area contributed by atoms with Crippen molar-refractivity contribution in [3.05, 3.63) is 16.3 Å². The monoisotopic (exact) mass is 240 g/mol. The van der Waals surface area contributed by atoms with Gasteiger partial charge in [0, 0.05) is 13.1 Å². The molecule has 17 heavy (non-hydrogen) atoms. The molecule has 1 aromatic heterocycles. The maximum Gasteiger partial charge on any atom is 0.330 e. The van der Waals surface area contributed by atoms with Crippen molar-refractivity contribution in [1.29, 1.82) is 0 Å². The molecule has 9 nitrogen and oxygen atoms in total. The zero-order valence-corrected chi connectivity index (χ0v) is 9.00. The highest BCUT2D eigenvalue weighted by atomic mass is 16.6. The summed E-state index contributed by atoms with van der Waals surface area (Å²) in [5.41, 5.74) is 1.96. The molecular formula is C8H12N6O3. The van der Waals surface area contributed by atoms with E-state index in [2.05, 4.69) is 15.4 Å². The molecule has 0 radical (unpaired) electrons. The number of ether oxygens (including phenoxy) is 1. The molecule has 3 N–H and O–H groups in total. The fourth-order valence-corrected chi connectivity index (χ4v) is 1.52. The molecule has 0 spiro atoms. The third kappa shape index (κ3) is 2.40. The Morgan fingerprint density at radius 1 is 1.53 bits per heavy atom. The summed E-state index contributed by atoms with van der Waals surface area (Å²) in [5.74, 6) is 5.61. The molecule has 9 heteroatoms. The standard InChI is InChI=1S/C8H12N6O3/c9-12-7-6(14(15)16)5-10-8(11-7)13-1-3-17-4-2-13/h5H,1-4,9H2,(H,10,11,12). The highest BCUT2D eigenvalue weighted by Crippen LogP contribution is 2.22. The lowest BCUT2D eigenvalue weighted by Gasteiger charge is -2.26. The SMILES string of the molecule is NNc1nc(N2CCOCC2)ncc1[N+](=O)[O-]. The van der Waals surface area contributed by atoms with Crippen LogP contribution in [-0.2, 0) is 4.74 Å². The molecule has 0 aromatic carbocycles. The van der Waals surface area contributed by atoms with Crippen molar-refractivity contribution in [2.75, 3.05) is 36.6 Å². The molecule has 0 atom stereocenters. The predicted octanol–water partition coefficient (Wildman–Crippen LogP) is -0.493. The van der Waals surface area contributed by atoms with Crippen molar-refractivity contribution in [3.63, 3.8) is 0 Å². The van der Waals surface area contributed by atoms with Crippen LogP contribution in [0, 0.1) is 10.1 Å². The molecule has 0 amide bonds. The van der Waals surface area contributed by atoms with E-state index in [1.54, 1.807) is 0 Å². The van der Waals surface area contributed by atoms with Crippen molar-refractivity contribution >= 4 is 17.5 Å². The number of nitro groups is 1. The lowest BCUT2D eigenvalue weighted by atomic mass is 10.4. The fourth-order valence-electron chi connectivity index (χ4n) is 1.52. The molecule has 0 saturated carbocycles. The second kappa shape index (κ2) is 4.89. The third-order valence-corrected chi connectivity index (χ3v) is 2.38. The Balaban J connectivity index is 2.27. The van der Waals surface area contributed by atoms with E-state index < -0.39 is 4.92 Å². The molecule has 92 valence electrons. The quantitative estimate of drug-likeness (QED) is 0.412. The Kier molecular flexibility index (Phi) is 3.30. The highest BCUT2D eigenvalue weighted by molar-refractivity contribution is 5.56. The van der Waals surface area contributed by atoms with Crippen LogP contribution >= 0.6 is 0 Å². The van der Waals surface area contributed by atoms with Gasteiger partial charge in [0.05, 0.1) is 18.1 Å². The number of nitrogens with two attached hydrogens (primary N) is 1. The fraction of sp³-hybridized carbons (Fsp3) is 0.500. The van der Waals surface area contributed by atoms with Crippen LogP contribution in [0.5, 0.6) is 0 Å². The molecule has 1 fully saturated rings. The van der Waals surface area contributed by atoms with E-state index >= 15 is 0 Å². The lowest BCUT2D eigenvalue weighted by molar-refractivity contribution is -0.384. The number of hydrogen-bond donors (Lipinski definition) is 2. The molecule has 2 heterocycles. The molecule has 0 unspecified atom stereocenters. The number of morpholine rings is 1. The smallest absolute Gasteiger partial charge is 0.330 e. The van der Waals surface area contributed by atoms with Gasteiger partial charge in [0.2, 0.25) is 11.8 Å². The van der Waals surface area contributed by atoms with E-state index in [1.807, 2.05) is 4.90 Å². The summed E-state index contributed by atoms with van der Waals surface area (Å²) in [6.45, 7) is 2.49. The number of aromatic nitrogens is 2. The van der Waals surface area contributed by atoms with Crippen molar-refractivity contribution in [2.45, 2.75) is 0 Å². The summed E-state index contributed by atoms with van der Waals surface area (Å²) >= 11 is 0. The average Bonchev–Trinajstić information content (AvgIpc) is 2.39. The Bertz CT molecular complexity index is 420. The van der Waals surface area contributed by atoms with Crippen LogP contribution in [0.3, 0.4) is 0 Å². The molecular weight excluding hydrogens is 228 g/mol. The van der Waals surface area contributed by atoms with E-state index in [9.17, 15) is 10.1 Å². The number of hydrogen-bond acceptors (Lipinski definition) is 8. The van der Waals surface area contributed by atoms with Gasteiger partial charge in [-0.25, -0.2) is 10.8 Å². The Labute approximate surface area is 96.7 Å². The van der Waals surface area contributed by atoms with Gasteiger partial charge in [-0.05, 0) is 0 Å². The van der Waals surface area contributed by atoms with Crippen LogP contribution in [-0.4, -0.2) is 41.2 Å². The minimum Gasteiger partial charge on any atom is -0.378 e. The first-order valence-corrected chi connectivity index (χ1v) is 5.03. The molecule has 1 aliphatic rings. The summed E-state index contributed by atoms with van der Waals surface area (Å²) < 4.78 is 5.19. The first kappa shape index (κ1) is 11.5. The second-order valence-electron chi connectivity index (χ2n) is 3.40. The van der Waals surface area contributed by atoms with Gasteiger partial charge in [0.15, 0.2) is 0 Å². The maximum atomic E-state index is 10.7. The van der Waals surface area contributed by atoms with Crippen molar-refractivity contribution in [2.24, 2.45) is 5.84 Å². The van der Waals surface area contributed by atoms with Crippen LogP contribution < -0.4 is 16.2 Å². The van der Waals surface area contributed by atoms with E-state index in [4.69, 9.17) is 10.6 Å². The minimum atomic E-state index is -0.585. The van der Waals surface area contributed by atoms with Crippen molar-refractivity contribution in [3.8, 4) is 0 Å². The average molecular weight is 240 g/mol. The molecule has 1 aromatic rings. The normalized spacial score (nSPS) is 15.7. The van der Waals surface area contributed by atoms with Crippen molar-refractivity contribution < 1.29 is 9.66 Å². The van der Waals surface area contributed by atoms with E-state index in [-0.39, 0.29) is 11.5 Å². The van der Waals surface area contributed by atoms with E-state index in [0.717, 1.165) is 6.20 Å². The highest BCUT2D eigenvalue weighted by Gasteiger charge is 2.20. The summed E-state index contributed by atoms with van der Waals surface area (Å²) in [7, 11) is 0. The number of anilines is 2. The van der Waals surface area contributed by atoms with Gasteiger partial charge in [0.1, 0.15) is 6.20 Å². The molecule has 0 bridgehead atoms.